The second-order valence-corrected chi connectivity index (χ2v) is 13.6. The zero-order valence-electron chi connectivity index (χ0n) is 15.4. The molecule has 0 saturated carbocycles. The van der Waals surface area contributed by atoms with Crippen LogP contribution in [-0.2, 0) is 16.2 Å². The Morgan fingerprint density at radius 1 is 1.31 bits per heavy atom. The van der Waals surface area contributed by atoms with E-state index < -0.39 is 14.0 Å². The molecule has 0 unspecified atom stereocenters. The first-order valence-electron chi connectivity index (χ1n) is 8.31. The zero-order chi connectivity index (χ0) is 18.7. The first-order chi connectivity index (χ1) is 12.4. The van der Waals surface area contributed by atoms with Gasteiger partial charge in [-0.2, -0.15) is 5.10 Å². The Balaban J connectivity index is 1.87. The average molecular weight is 391 g/mol. The van der Waals surface area contributed by atoms with Gasteiger partial charge in [-0.05, 0) is 17.5 Å². The van der Waals surface area contributed by atoms with E-state index in [1.807, 2.05) is 11.4 Å². The standard InChI is InChI=1S/C17H22N4O3SSi/c1-23-17(22)14-9-13(15-16-12(5-7-25-16)18-10-19-15)20-21(14)11-24-6-8-26(2,3)4/h5,7,9-10H,6,8,11H2,1-4H3. The molecule has 0 aliphatic rings. The van der Waals surface area contributed by atoms with Gasteiger partial charge in [-0.25, -0.2) is 19.4 Å². The van der Waals surface area contributed by atoms with E-state index in [0.29, 0.717) is 23.7 Å². The predicted octanol–water partition coefficient (Wildman–Crippen LogP) is 3.65. The Kier molecular flexibility index (Phi) is 5.49. The third-order valence-corrected chi connectivity index (χ3v) is 6.48. The summed E-state index contributed by atoms with van der Waals surface area (Å²) in [7, 11) is 0.185. The quantitative estimate of drug-likeness (QED) is 0.348. The van der Waals surface area contributed by atoms with Crippen LogP contribution in [0.4, 0.5) is 0 Å². The molecule has 3 heterocycles. The first kappa shape index (κ1) is 18.7. The maximum absolute atomic E-state index is 12.1. The number of methoxy groups -OCH3 is 1. The molecule has 3 aromatic rings. The molecule has 0 aliphatic heterocycles. The number of carbonyl (C=O) groups excluding carboxylic acids is 1. The monoisotopic (exact) mass is 390 g/mol. The fourth-order valence-electron chi connectivity index (χ4n) is 2.40. The number of hydrogen-bond donors (Lipinski definition) is 0. The molecule has 0 radical (unpaired) electrons. The lowest BCUT2D eigenvalue weighted by molar-refractivity contribution is 0.0518. The Hall–Kier alpha value is -2.10. The first-order valence-corrected chi connectivity index (χ1v) is 12.9. The minimum Gasteiger partial charge on any atom is -0.464 e. The molecule has 3 rings (SSSR count). The number of aromatic nitrogens is 4. The van der Waals surface area contributed by atoms with Crippen molar-refractivity contribution in [1.29, 1.82) is 0 Å². The van der Waals surface area contributed by atoms with Crippen molar-refractivity contribution in [2.45, 2.75) is 32.4 Å². The summed E-state index contributed by atoms with van der Waals surface area (Å²) in [5.74, 6) is -0.450. The van der Waals surface area contributed by atoms with Crippen LogP contribution in [0, 0.1) is 0 Å². The van der Waals surface area contributed by atoms with Gasteiger partial charge in [0.2, 0.25) is 0 Å². The molecule has 0 aliphatic carbocycles. The molecule has 0 bridgehead atoms. The number of thiophene rings is 1. The molecule has 7 nitrogen and oxygen atoms in total. The molecular weight excluding hydrogens is 368 g/mol. The summed E-state index contributed by atoms with van der Waals surface area (Å²) in [6.07, 6.45) is 1.51. The Morgan fingerprint density at radius 2 is 2.12 bits per heavy atom. The van der Waals surface area contributed by atoms with Crippen molar-refractivity contribution >= 4 is 35.6 Å². The van der Waals surface area contributed by atoms with E-state index in [1.54, 1.807) is 17.4 Å². The Labute approximate surface area is 157 Å². The highest BCUT2D eigenvalue weighted by molar-refractivity contribution is 7.17. The van der Waals surface area contributed by atoms with Crippen molar-refractivity contribution in [3.63, 3.8) is 0 Å². The summed E-state index contributed by atoms with van der Waals surface area (Å²) >= 11 is 1.55. The summed E-state index contributed by atoms with van der Waals surface area (Å²) in [6.45, 7) is 7.73. The fourth-order valence-corrected chi connectivity index (χ4v) is 4.00. The van der Waals surface area contributed by atoms with Crippen molar-refractivity contribution in [1.82, 2.24) is 19.7 Å². The van der Waals surface area contributed by atoms with E-state index >= 15 is 0 Å². The second-order valence-electron chi connectivity index (χ2n) is 7.11. The average Bonchev–Trinajstić information content (AvgIpc) is 3.23. The van der Waals surface area contributed by atoms with Crippen LogP contribution in [0.3, 0.4) is 0 Å². The van der Waals surface area contributed by atoms with Crippen LogP contribution in [-0.4, -0.2) is 47.5 Å². The van der Waals surface area contributed by atoms with E-state index in [1.165, 1.54) is 18.1 Å². The van der Waals surface area contributed by atoms with E-state index in [2.05, 4.69) is 34.7 Å². The van der Waals surface area contributed by atoms with Crippen molar-refractivity contribution in [2.24, 2.45) is 0 Å². The summed E-state index contributed by atoms with van der Waals surface area (Å²) in [4.78, 5) is 20.7. The summed E-state index contributed by atoms with van der Waals surface area (Å²) in [6, 6.07) is 4.68. The zero-order valence-corrected chi connectivity index (χ0v) is 17.2. The molecule has 0 saturated heterocycles. The molecule has 0 aromatic carbocycles. The van der Waals surface area contributed by atoms with Gasteiger partial charge in [0.15, 0.2) is 0 Å². The van der Waals surface area contributed by atoms with Gasteiger partial charge in [-0.3, -0.25) is 0 Å². The number of nitrogens with zero attached hydrogens (tertiary/aromatic N) is 4. The lowest BCUT2D eigenvalue weighted by Crippen LogP contribution is -2.22. The lowest BCUT2D eigenvalue weighted by Gasteiger charge is -2.15. The highest BCUT2D eigenvalue weighted by Gasteiger charge is 2.20. The molecule has 9 heteroatoms. The molecule has 0 spiro atoms. The van der Waals surface area contributed by atoms with E-state index in [4.69, 9.17) is 9.47 Å². The van der Waals surface area contributed by atoms with Crippen molar-refractivity contribution < 1.29 is 14.3 Å². The second kappa shape index (κ2) is 7.64. The maximum atomic E-state index is 12.1. The summed E-state index contributed by atoms with van der Waals surface area (Å²) in [5.41, 5.74) is 2.52. The molecular formula is C17H22N4O3SSi. The SMILES string of the molecule is COC(=O)c1cc(-c2ncnc3ccsc23)nn1COCC[Si](C)(C)C. The van der Waals surface area contributed by atoms with Crippen LogP contribution in [0.15, 0.2) is 23.8 Å². The normalized spacial score (nSPS) is 11.8. The fraction of sp³-hybridized carbons (Fsp3) is 0.412. The highest BCUT2D eigenvalue weighted by Crippen LogP contribution is 2.29. The minimum atomic E-state index is -1.17. The van der Waals surface area contributed by atoms with Gasteiger partial charge in [0.05, 0.1) is 17.3 Å². The van der Waals surface area contributed by atoms with Crippen LogP contribution in [0.5, 0.6) is 0 Å². The van der Waals surface area contributed by atoms with Crippen molar-refractivity contribution in [3.8, 4) is 11.4 Å². The van der Waals surface area contributed by atoms with Crippen molar-refractivity contribution in [2.75, 3.05) is 13.7 Å². The number of carbonyl (C=O) groups is 1. The van der Waals surface area contributed by atoms with E-state index in [0.717, 1.165) is 16.3 Å². The topological polar surface area (TPSA) is 79.1 Å². The number of ether oxygens (including phenoxy) is 2. The van der Waals surface area contributed by atoms with Gasteiger partial charge in [-0.1, -0.05) is 19.6 Å². The van der Waals surface area contributed by atoms with Gasteiger partial charge in [0.25, 0.3) is 0 Å². The van der Waals surface area contributed by atoms with Crippen LogP contribution in [0.25, 0.3) is 21.6 Å². The van der Waals surface area contributed by atoms with Gasteiger partial charge < -0.3 is 9.47 Å². The molecule has 0 atom stereocenters. The third-order valence-electron chi connectivity index (χ3n) is 3.87. The largest absolute Gasteiger partial charge is 0.464 e. The van der Waals surface area contributed by atoms with Gasteiger partial charge in [0, 0.05) is 20.7 Å². The molecule has 0 amide bonds. The molecule has 3 aromatic heterocycles. The highest BCUT2D eigenvalue weighted by atomic mass is 32.1. The Morgan fingerprint density at radius 3 is 2.85 bits per heavy atom. The lowest BCUT2D eigenvalue weighted by atomic mass is 10.2. The smallest absolute Gasteiger partial charge is 0.356 e. The molecule has 0 N–H and O–H groups in total. The number of rotatable bonds is 7. The predicted molar refractivity (Wildman–Crippen MR) is 104 cm³/mol. The van der Waals surface area contributed by atoms with Crippen LogP contribution in [0.2, 0.25) is 25.7 Å². The number of hydrogen-bond acceptors (Lipinski definition) is 7. The summed E-state index contributed by atoms with van der Waals surface area (Å²) in [5, 5.41) is 6.49. The van der Waals surface area contributed by atoms with Gasteiger partial charge in [-0.15, -0.1) is 11.3 Å². The van der Waals surface area contributed by atoms with E-state index in [-0.39, 0.29) is 6.73 Å². The molecule has 138 valence electrons. The maximum Gasteiger partial charge on any atom is 0.356 e. The minimum absolute atomic E-state index is 0.202. The summed E-state index contributed by atoms with van der Waals surface area (Å²) < 4.78 is 13.1. The van der Waals surface area contributed by atoms with Crippen LogP contribution >= 0.6 is 11.3 Å². The number of esters is 1. The van der Waals surface area contributed by atoms with Crippen molar-refractivity contribution in [3.05, 3.63) is 29.5 Å². The Bertz CT molecular complexity index is 916. The van der Waals surface area contributed by atoms with Crippen LogP contribution in [0.1, 0.15) is 10.5 Å². The number of fused-ring (bicyclic) bond motifs is 1. The van der Waals surface area contributed by atoms with Gasteiger partial charge in [0.1, 0.15) is 30.1 Å². The van der Waals surface area contributed by atoms with Gasteiger partial charge >= 0.3 is 5.97 Å². The third kappa shape index (κ3) is 4.17. The van der Waals surface area contributed by atoms with E-state index in [9.17, 15) is 4.79 Å². The molecule has 26 heavy (non-hydrogen) atoms. The molecule has 0 fully saturated rings. The van der Waals surface area contributed by atoms with Crippen LogP contribution < -0.4 is 0 Å².